The molecule has 0 saturated carbocycles. The molecule has 0 unspecified atom stereocenters. The van der Waals surface area contributed by atoms with Gasteiger partial charge < -0.3 is 10.2 Å². The number of carbonyl (C=O) groups excluding carboxylic acids is 2. The second-order valence-corrected chi connectivity index (χ2v) is 6.53. The molecule has 0 aliphatic carbocycles. The lowest BCUT2D eigenvalue weighted by Crippen LogP contribution is -2.50. The zero-order chi connectivity index (χ0) is 17.6. The Balaban J connectivity index is 3.04. The average Bonchev–Trinajstić information content (AvgIpc) is 2.49. The van der Waals surface area contributed by atoms with Gasteiger partial charge in [0.05, 0.1) is 10.0 Å². The lowest BCUT2D eigenvalue weighted by atomic mass is 10.1. The molecule has 1 aromatic rings. The molecule has 1 atom stereocenters. The van der Waals surface area contributed by atoms with Gasteiger partial charge in [0.25, 0.3) is 0 Å². The van der Waals surface area contributed by atoms with E-state index in [9.17, 15) is 9.59 Å². The topological polar surface area (TPSA) is 49.4 Å². The largest absolute Gasteiger partial charge is 0.352 e. The van der Waals surface area contributed by atoms with Crippen LogP contribution in [0, 0.1) is 0 Å². The molecule has 0 fully saturated rings. The number of hydrogen-bond donors (Lipinski definition) is 1. The Morgan fingerprint density at radius 2 is 1.83 bits per heavy atom. The highest BCUT2D eigenvalue weighted by Crippen LogP contribution is 2.24. The Morgan fingerprint density at radius 3 is 2.30 bits per heavy atom. The molecule has 128 valence electrons. The molecular formula is C17H24Cl2N2O2. The fraction of sp³-hybridized carbons (Fsp3) is 0.529. The lowest BCUT2D eigenvalue weighted by Gasteiger charge is -2.31. The maximum absolute atomic E-state index is 12.4. The Labute approximate surface area is 148 Å². The van der Waals surface area contributed by atoms with Crippen LogP contribution in [0.15, 0.2) is 18.2 Å². The highest BCUT2D eigenvalue weighted by atomic mass is 35.5. The van der Waals surface area contributed by atoms with Crippen LogP contribution in [-0.2, 0) is 16.1 Å². The molecule has 0 aromatic heterocycles. The van der Waals surface area contributed by atoms with Crippen LogP contribution >= 0.6 is 23.2 Å². The molecule has 1 aromatic carbocycles. The number of halogens is 2. The van der Waals surface area contributed by atoms with Crippen LogP contribution in [0.1, 0.15) is 46.1 Å². The van der Waals surface area contributed by atoms with Crippen molar-refractivity contribution in [2.45, 2.75) is 59.2 Å². The predicted octanol–water partition coefficient (Wildman–Crippen LogP) is 4.04. The molecule has 23 heavy (non-hydrogen) atoms. The van der Waals surface area contributed by atoms with Gasteiger partial charge in [0, 0.05) is 19.0 Å². The second-order valence-electron chi connectivity index (χ2n) is 5.71. The van der Waals surface area contributed by atoms with Crippen LogP contribution in [0.5, 0.6) is 0 Å². The maximum atomic E-state index is 12.4. The maximum Gasteiger partial charge on any atom is 0.243 e. The van der Waals surface area contributed by atoms with Crippen LogP contribution in [0.4, 0.5) is 0 Å². The summed E-state index contributed by atoms with van der Waals surface area (Å²) < 4.78 is 0. The van der Waals surface area contributed by atoms with Gasteiger partial charge in [-0.15, -0.1) is 0 Å². The van der Waals surface area contributed by atoms with E-state index in [0.717, 1.165) is 5.56 Å². The Hall–Kier alpha value is -1.26. The average molecular weight is 359 g/mol. The van der Waals surface area contributed by atoms with E-state index in [0.29, 0.717) is 29.4 Å². The Kier molecular flexibility index (Phi) is 7.86. The Morgan fingerprint density at radius 1 is 1.17 bits per heavy atom. The molecule has 1 rings (SSSR count). The number of rotatable bonds is 7. The van der Waals surface area contributed by atoms with E-state index in [1.54, 1.807) is 24.0 Å². The molecule has 6 heteroatoms. The van der Waals surface area contributed by atoms with Gasteiger partial charge in [0.15, 0.2) is 0 Å². The van der Waals surface area contributed by atoms with Gasteiger partial charge in [-0.1, -0.05) is 43.1 Å². The van der Waals surface area contributed by atoms with Crippen molar-refractivity contribution in [3.05, 3.63) is 33.8 Å². The summed E-state index contributed by atoms with van der Waals surface area (Å²) in [7, 11) is 0. The zero-order valence-corrected chi connectivity index (χ0v) is 15.5. The summed E-state index contributed by atoms with van der Waals surface area (Å²) in [6.45, 7) is 7.81. The van der Waals surface area contributed by atoms with Crippen molar-refractivity contribution in [1.82, 2.24) is 10.2 Å². The fourth-order valence-corrected chi connectivity index (χ4v) is 2.66. The summed E-state index contributed by atoms with van der Waals surface area (Å²) >= 11 is 12.0. The van der Waals surface area contributed by atoms with Crippen molar-refractivity contribution in [3.8, 4) is 0 Å². The zero-order valence-electron chi connectivity index (χ0n) is 14.0. The SMILES string of the molecule is CCC(=O)N(Cc1ccc(Cl)c(Cl)c1)[C@@H](CC)C(=O)NC(C)C. The second kappa shape index (κ2) is 9.14. The van der Waals surface area contributed by atoms with Crippen molar-refractivity contribution in [1.29, 1.82) is 0 Å². The van der Waals surface area contributed by atoms with Gasteiger partial charge in [-0.2, -0.15) is 0 Å². The molecule has 0 saturated heterocycles. The van der Waals surface area contributed by atoms with E-state index in [1.807, 2.05) is 26.8 Å². The summed E-state index contributed by atoms with van der Waals surface area (Å²) in [4.78, 5) is 26.4. The summed E-state index contributed by atoms with van der Waals surface area (Å²) in [5, 5.41) is 3.78. The normalized spacial score (nSPS) is 12.1. The van der Waals surface area contributed by atoms with Crippen LogP contribution in [0.3, 0.4) is 0 Å². The molecule has 0 aliphatic rings. The number of nitrogens with zero attached hydrogens (tertiary/aromatic N) is 1. The van der Waals surface area contributed by atoms with E-state index in [2.05, 4.69) is 5.32 Å². The van der Waals surface area contributed by atoms with E-state index in [4.69, 9.17) is 23.2 Å². The van der Waals surface area contributed by atoms with Crippen molar-refractivity contribution in [2.24, 2.45) is 0 Å². The molecule has 2 amide bonds. The monoisotopic (exact) mass is 358 g/mol. The minimum atomic E-state index is -0.501. The number of hydrogen-bond acceptors (Lipinski definition) is 2. The van der Waals surface area contributed by atoms with Crippen molar-refractivity contribution < 1.29 is 9.59 Å². The molecule has 0 heterocycles. The fourth-order valence-electron chi connectivity index (χ4n) is 2.34. The van der Waals surface area contributed by atoms with Gasteiger partial charge in [-0.25, -0.2) is 0 Å². The number of carbonyl (C=O) groups is 2. The van der Waals surface area contributed by atoms with Crippen molar-refractivity contribution in [3.63, 3.8) is 0 Å². The molecule has 1 N–H and O–H groups in total. The molecule has 0 aliphatic heterocycles. The van der Waals surface area contributed by atoms with Crippen LogP contribution in [0.25, 0.3) is 0 Å². The quantitative estimate of drug-likeness (QED) is 0.799. The minimum Gasteiger partial charge on any atom is -0.352 e. The van der Waals surface area contributed by atoms with Crippen molar-refractivity contribution >= 4 is 35.0 Å². The van der Waals surface area contributed by atoms with Gasteiger partial charge in [-0.3, -0.25) is 9.59 Å². The van der Waals surface area contributed by atoms with Gasteiger partial charge in [0.2, 0.25) is 11.8 Å². The van der Waals surface area contributed by atoms with E-state index in [1.165, 1.54) is 0 Å². The third-order valence-corrected chi connectivity index (χ3v) is 4.20. The number of benzene rings is 1. The summed E-state index contributed by atoms with van der Waals surface area (Å²) in [5.41, 5.74) is 0.844. The number of nitrogens with one attached hydrogen (secondary N) is 1. The summed E-state index contributed by atoms with van der Waals surface area (Å²) in [6.07, 6.45) is 0.887. The highest BCUT2D eigenvalue weighted by Gasteiger charge is 2.28. The number of amides is 2. The van der Waals surface area contributed by atoms with E-state index < -0.39 is 6.04 Å². The summed E-state index contributed by atoms with van der Waals surface area (Å²) in [5.74, 6) is -0.203. The van der Waals surface area contributed by atoms with Crippen LogP contribution < -0.4 is 5.32 Å². The Bertz CT molecular complexity index is 562. The van der Waals surface area contributed by atoms with Gasteiger partial charge >= 0.3 is 0 Å². The predicted molar refractivity (Wildman–Crippen MR) is 94.7 cm³/mol. The molecule has 0 bridgehead atoms. The van der Waals surface area contributed by atoms with Crippen molar-refractivity contribution in [2.75, 3.05) is 0 Å². The third-order valence-electron chi connectivity index (χ3n) is 3.46. The first-order valence-corrected chi connectivity index (χ1v) is 8.59. The molecular weight excluding hydrogens is 335 g/mol. The molecule has 4 nitrogen and oxygen atoms in total. The summed E-state index contributed by atoms with van der Waals surface area (Å²) in [6, 6.07) is 4.77. The minimum absolute atomic E-state index is 0.0279. The first-order chi connectivity index (χ1) is 10.8. The first kappa shape index (κ1) is 19.8. The standard InChI is InChI=1S/C17H24Cl2N2O2/c1-5-15(17(23)20-11(3)4)21(16(22)6-2)10-12-7-8-13(18)14(19)9-12/h7-9,11,15H,5-6,10H2,1-4H3,(H,20,23)/t15-/m0/s1. The van der Waals surface area contributed by atoms with Crippen LogP contribution in [-0.4, -0.2) is 28.8 Å². The molecule has 0 radical (unpaired) electrons. The lowest BCUT2D eigenvalue weighted by molar-refractivity contribution is -0.141. The van der Waals surface area contributed by atoms with E-state index >= 15 is 0 Å². The third kappa shape index (κ3) is 5.70. The van der Waals surface area contributed by atoms with Gasteiger partial charge in [-0.05, 0) is 38.0 Å². The first-order valence-electron chi connectivity index (χ1n) is 7.83. The smallest absolute Gasteiger partial charge is 0.243 e. The van der Waals surface area contributed by atoms with E-state index in [-0.39, 0.29) is 17.9 Å². The highest BCUT2D eigenvalue weighted by molar-refractivity contribution is 6.42. The van der Waals surface area contributed by atoms with Crippen LogP contribution in [0.2, 0.25) is 10.0 Å². The van der Waals surface area contributed by atoms with Gasteiger partial charge in [0.1, 0.15) is 6.04 Å². The molecule has 0 spiro atoms.